The minimum Gasteiger partial charge on any atom is -0.342 e. The van der Waals surface area contributed by atoms with Crippen LogP contribution in [0.25, 0.3) is 64.4 Å². The first-order valence-corrected chi connectivity index (χ1v) is 13.4. The van der Waals surface area contributed by atoms with Crippen molar-refractivity contribution in [3.63, 3.8) is 0 Å². The van der Waals surface area contributed by atoms with Gasteiger partial charge in [0.25, 0.3) is 0 Å². The summed E-state index contributed by atoms with van der Waals surface area (Å²) in [5, 5.41) is 13.0. The van der Waals surface area contributed by atoms with Crippen molar-refractivity contribution in [2.75, 3.05) is 0 Å². The molecule has 0 spiro atoms. The Kier molecular flexibility index (Phi) is 4.91. The number of nitrogens with one attached hydrogen (secondary N) is 2. The van der Waals surface area contributed by atoms with Crippen molar-refractivity contribution in [2.24, 2.45) is 0 Å². The average molecular weight is 503 g/mol. The van der Waals surface area contributed by atoms with E-state index >= 15 is 0 Å². The quantitative estimate of drug-likeness (QED) is 0.238. The predicted molar refractivity (Wildman–Crippen MR) is 153 cm³/mol. The SMILES string of the molecule is CC(C)c1nc2c3ccc(-c4cc5ccc(-c6cnc(C(C)C)[nH]6)cc5s4)cc3c3c[nH]ncc3c2n1. The zero-order valence-electron chi connectivity index (χ0n) is 21.1. The standard InChI is InChI=1S/C30H26N6S/c1-15(2)29-31-14-24(34-29)17-5-6-19-11-26(37-25(19)10-17)18-7-8-20-21(9-18)22-12-32-33-13-23(22)28-27(20)35-30(36-28)16(3)4/h5-16,32H,1-4H3,(H,31,34). The number of benzene rings is 3. The molecular formula is C30H26N6S. The van der Waals surface area contributed by atoms with Crippen LogP contribution in [0, 0.1) is 0 Å². The zero-order chi connectivity index (χ0) is 25.3. The maximum atomic E-state index is 4.92. The molecule has 0 fully saturated rings. The number of aromatic nitrogens is 6. The summed E-state index contributed by atoms with van der Waals surface area (Å²) in [4.78, 5) is 19.0. The van der Waals surface area contributed by atoms with E-state index in [1.54, 1.807) is 0 Å². The number of H-pyrrole nitrogens is 2. The second kappa shape index (κ2) is 8.21. The van der Waals surface area contributed by atoms with Crippen LogP contribution < -0.4 is 0 Å². The van der Waals surface area contributed by atoms with Gasteiger partial charge in [-0.2, -0.15) is 5.10 Å². The number of thiophene rings is 1. The van der Waals surface area contributed by atoms with E-state index in [1.165, 1.54) is 20.5 Å². The highest BCUT2D eigenvalue weighted by Crippen LogP contribution is 2.40. The van der Waals surface area contributed by atoms with Crippen LogP contribution in [-0.4, -0.2) is 30.1 Å². The van der Waals surface area contributed by atoms with E-state index in [0.29, 0.717) is 5.92 Å². The van der Waals surface area contributed by atoms with E-state index in [2.05, 4.69) is 90.3 Å². The van der Waals surface area contributed by atoms with Crippen LogP contribution in [0.1, 0.15) is 51.2 Å². The first-order valence-electron chi connectivity index (χ1n) is 12.6. The molecule has 4 heterocycles. The minimum atomic E-state index is 0.266. The summed E-state index contributed by atoms with van der Waals surface area (Å²) in [6.45, 7) is 8.56. The van der Waals surface area contributed by atoms with E-state index in [1.807, 2.05) is 29.9 Å². The van der Waals surface area contributed by atoms with Crippen molar-refractivity contribution in [3.8, 4) is 21.7 Å². The molecule has 0 aliphatic rings. The number of rotatable bonds is 4. The van der Waals surface area contributed by atoms with Gasteiger partial charge >= 0.3 is 0 Å². The molecule has 0 atom stereocenters. The lowest BCUT2D eigenvalue weighted by Gasteiger charge is -2.07. The minimum absolute atomic E-state index is 0.266. The number of hydrogen-bond acceptors (Lipinski definition) is 5. The van der Waals surface area contributed by atoms with Gasteiger partial charge in [-0.15, -0.1) is 11.3 Å². The Hall–Kier alpha value is -4.10. The normalized spacial score (nSPS) is 12.3. The van der Waals surface area contributed by atoms with Crippen molar-refractivity contribution in [2.45, 2.75) is 39.5 Å². The number of aromatic amines is 2. The van der Waals surface area contributed by atoms with Gasteiger partial charge in [-0.25, -0.2) is 15.0 Å². The Morgan fingerprint density at radius 3 is 2.35 bits per heavy atom. The molecule has 7 rings (SSSR count). The molecule has 4 aromatic heterocycles. The van der Waals surface area contributed by atoms with Gasteiger partial charge in [0.05, 0.1) is 23.6 Å². The fourth-order valence-electron chi connectivity index (χ4n) is 5.00. The van der Waals surface area contributed by atoms with Crippen molar-refractivity contribution >= 4 is 54.0 Å². The second-order valence-corrected chi connectivity index (χ2v) is 11.3. The highest BCUT2D eigenvalue weighted by molar-refractivity contribution is 7.22. The smallest absolute Gasteiger partial charge is 0.132 e. The van der Waals surface area contributed by atoms with Crippen LogP contribution in [-0.2, 0) is 0 Å². The number of nitrogens with zero attached hydrogens (tertiary/aromatic N) is 4. The molecule has 0 radical (unpaired) electrons. The van der Waals surface area contributed by atoms with Crippen molar-refractivity contribution < 1.29 is 0 Å². The first kappa shape index (κ1) is 22.1. The predicted octanol–water partition coefficient (Wildman–Crippen LogP) is 8.18. The molecule has 3 aromatic carbocycles. The lowest BCUT2D eigenvalue weighted by molar-refractivity contribution is 0.795. The zero-order valence-corrected chi connectivity index (χ0v) is 21.9. The van der Waals surface area contributed by atoms with Crippen LogP contribution in [0.5, 0.6) is 0 Å². The van der Waals surface area contributed by atoms with Crippen LogP contribution in [0.2, 0.25) is 0 Å². The number of imidazole rings is 2. The third kappa shape index (κ3) is 3.53. The van der Waals surface area contributed by atoms with Crippen molar-refractivity contribution in [3.05, 3.63) is 72.7 Å². The maximum absolute atomic E-state index is 4.92. The maximum Gasteiger partial charge on any atom is 0.132 e. The highest BCUT2D eigenvalue weighted by atomic mass is 32.1. The summed E-state index contributed by atoms with van der Waals surface area (Å²) >= 11 is 1.82. The molecular weight excluding hydrogens is 476 g/mol. The van der Waals surface area contributed by atoms with E-state index in [9.17, 15) is 0 Å². The Morgan fingerprint density at radius 1 is 0.757 bits per heavy atom. The lowest BCUT2D eigenvalue weighted by atomic mass is 9.99. The topological polar surface area (TPSA) is 83.1 Å². The van der Waals surface area contributed by atoms with Gasteiger partial charge in [0, 0.05) is 49.3 Å². The summed E-state index contributed by atoms with van der Waals surface area (Å²) in [6, 6.07) is 15.6. The summed E-state index contributed by atoms with van der Waals surface area (Å²) in [6.07, 6.45) is 5.77. The molecule has 0 bridgehead atoms. The molecule has 0 saturated heterocycles. The van der Waals surface area contributed by atoms with Crippen LogP contribution in [0.3, 0.4) is 0 Å². The van der Waals surface area contributed by atoms with E-state index in [0.717, 1.165) is 55.5 Å². The summed E-state index contributed by atoms with van der Waals surface area (Å²) < 4.78 is 1.26. The van der Waals surface area contributed by atoms with Crippen molar-refractivity contribution in [1.29, 1.82) is 0 Å². The van der Waals surface area contributed by atoms with Crippen molar-refractivity contribution in [1.82, 2.24) is 30.1 Å². The molecule has 0 unspecified atom stereocenters. The van der Waals surface area contributed by atoms with E-state index in [4.69, 9.17) is 9.97 Å². The Morgan fingerprint density at radius 2 is 1.57 bits per heavy atom. The monoisotopic (exact) mass is 502 g/mol. The van der Waals surface area contributed by atoms with Gasteiger partial charge in [-0.1, -0.05) is 52.0 Å². The van der Waals surface area contributed by atoms with Gasteiger partial charge in [0.1, 0.15) is 17.2 Å². The third-order valence-electron chi connectivity index (χ3n) is 7.04. The Balaban J connectivity index is 1.38. The average Bonchev–Trinajstić information content (AvgIpc) is 3.66. The van der Waals surface area contributed by atoms with E-state index in [-0.39, 0.29) is 5.92 Å². The molecule has 0 amide bonds. The largest absolute Gasteiger partial charge is 0.342 e. The Labute approximate surface area is 217 Å². The van der Waals surface area contributed by atoms with Crippen LogP contribution in [0.4, 0.5) is 0 Å². The molecule has 0 aliphatic carbocycles. The first-order chi connectivity index (χ1) is 18.0. The second-order valence-electron chi connectivity index (χ2n) is 10.3. The third-order valence-corrected chi connectivity index (χ3v) is 8.19. The van der Waals surface area contributed by atoms with Gasteiger partial charge < -0.3 is 4.98 Å². The molecule has 182 valence electrons. The van der Waals surface area contributed by atoms with Gasteiger partial charge in [0.15, 0.2) is 0 Å². The van der Waals surface area contributed by atoms with Crippen LogP contribution >= 0.6 is 11.3 Å². The Bertz CT molecular complexity index is 1960. The molecule has 7 aromatic rings. The molecule has 37 heavy (non-hydrogen) atoms. The lowest BCUT2D eigenvalue weighted by Crippen LogP contribution is -1.89. The molecule has 6 nitrogen and oxygen atoms in total. The van der Waals surface area contributed by atoms with Gasteiger partial charge in [-0.05, 0) is 34.5 Å². The summed E-state index contributed by atoms with van der Waals surface area (Å²) in [5.41, 5.74) is 5.29. The number of hydrogen-bond donors (Lipinski definition) is 2. The fraction of sp³-hybridized carbons (Fsp3) is 0.200. The summed E-state index contributed by atoms with van der Waals surface area (Å²) in [5.74, 6) is 2.53. The molecule has 2 N–H and O–H groups in total. The highest BCUT2D eigenvalue weighted by Gasteiger charge is 2.17. The molecule has 0 aliphatic heterocycles. The molecule has 0 saturated carbocycles. The van der Waals surface area contributed by atoms with Gasteiger partial charge in [-0.3, -0.25) is 5.10 Å². The van der Waals surface area contributed by atoms with E-state index < -0.39 is 0 Å². The fourth-order valence-corrected chi connectivity index (χ4v) is 6.10. The molecule has 7 heteroatoms. The number of fused-ring (bicyclic) bond motifs is 7. The van der Waals surface area contributed by atoms with Gasteiger partial charge in [0.2, 0.25) is 0 Å². The van der Waals surface area contributed by atoms with Crippen LogP contribution in [0.15, 0.2) is 61.1 Å². The summed E-state index contributed by atoms with van der Waals surface area (Å²) in [7, 11) is 0.